The Morgan fingerprint density at radius 1 is 1.06 bits per heavy atom. The summed E-state index contributed by atoms with van der Waals surface area (Å²) in [6, 6.07) is 10.5. The van der Waals surface area contributed by atoms with Gasteiger partial charge in [0.05, 0.1) is 17.2 Å². The minimum atomic E-state index is -4.46. The van der Waals surface area contributed by atoms with Crippen LogP contribution in [0, 0.1) is 0 Å². The second-order valence-electron chi connectivity index (χ2n) is 6.75. The molecule has 0 unspecified atom stereocenters. The summed E-state index contributed by atoms with van der Waals surface area (Å²) < 4.78 is 43.5. The molecule has 0 aliphatic heterocycles. The first-order valence-electron chi connectivity index (χ1n) is 9.64. The van der Waals surface area contributed by atoms with Crippen LogP contribution in [0.1, 0.15) is 29.8 Å². The van der Waals surface area contributed by atoms with Crippen molar-refractivity contribution in [2.24, 2.45) is 0 Å². The highest BCUT2D eigenvalue weighted by Gasteiger charge is 2.31. The van der Waals surface area contributed by atoms with Crippen LogP contribution in [0.5, 0.6) is 5.88 Å². The zero-order chi connectivity index (χ0) is 22.4. The minimum absolute atomic E-state index is 0.0569. The lowest BCUT2D eigenvalue weighted by molar-refractivity contribution is -0.137. The number of carbonyl (C=O) groups excluding carboxylic acids is 1. The molecule has 6 nitrogen and oxygen atoms in total. The van der Waals surface area contributed by atoms with Crippen molar-refractivity contribution < 1.29 is 22.7 Å². The SMILES string of the molecule is CCN(C(=O)c1ccccc1-c1ncccn1)[C@@H](C)COc1ccc(C(F)(F)F)cn1. The number of hydrogen-bond donors (Lipinski definition) is 0. The molecule has 0 bridgehead atoms. The Hall–Kier alpha value is -3.49. The second-order valence-corrected chi connectivity index (χ2v) is 6.75. The van der Waals surface area contributed by atoms with Gasteiger partial charge in [0, 0.05) is 36.8 Å². The molecule has 0 N–H and O–H groups in total. The van der Waals surface area contributed by atoms with E-state index in [0.29, 0.717) is 23.5 Å². The predicted octanol–water partition coefficient (Wildman–Crippen LogP) is 4.49. The third-order valence-electron chi connectivity index (χ3n) is 4.63. The molecule has 0 fully saturated rings. The van der Waals surface area contributed by atoms with Crippen molar-refractivity contribution in [3.63, 3.8) is 0 Å². The fourth-order valence-electron chi connectivity index (χ4n) is 3.04. The summed E-state index contributed by atoms with van der Waals surface area (Å²) in [5, 5.41) is 0. The van der Waals surface area contributed by atoms with Gasteiger partial charge >= 0.3 is 6.18 Å². The average Bonchev–Trinajstić information content (AvgIpc) is 2.78. The fraction of sp³-hybridized carbons (Fsp3) is 0.273. The number of nitrogens with zero attached hydrogens (tertiary/aromatic N) is 4. The highest BCUT2D eigenvalue weighted by atomic mass is 19.4. The van der Waals surface area contributed by atoms with E-state index in [2.05, 4.69) is 15.0 Å². The van der Waals surface area contributed by atoms with Crippen molar-refractivity contribution in [1.29, 1.82) is 0 Å². The van der Waals surface area contributed by atoms with E-state index in [0.717, 1.165) is 18.3 Å². The van der Waals surface area contributed by atoms with Crippen molar-refractivity contribution in [3.05, 3.63) is 72.2 Å². The zero-order valence-corrected chi connectivity index (χ0v) is 17.0. The van der Waals surface area contributed by atoms with Gasteiger partial charge in [0.15, 0.2) is 5.82 Å². The molecule has 3 aromatic rings. The van der Waals surface area contributed by atoms with Gasteiger partial charge in [-0.3, -0.25) is 4.79 Å². The second kappa shape index (κ2) is 9.55. The van der Waals surface area contributed by atoms with E-state index in [1.165, 1.54) is 0 Å². The number of hydrogen-bond acceptors (Lipinski definition) is 5. The maximum absolute atomic E-state index is 13.3. The molecular weight excluding hydrogens is 409 g/mol. The van der Waals surface area contributed by atoms with Crippen LogP contribution in [0.4, 0.5) is 13.2 Å². The van der Waals surface area contributed by atoms with Gasteiger partial charge < -0.3 is 9.64 Å². The lowest BCUT2D eigenvalue weighted by Crippen LogP contribution is -2.42. The van der Waals surface area contributed by atoms with Crippen molar-refractivity contribution in [2.75, 3.05) is 13.2 Å². The molecule has 1 amide bonds. The maximum atomic E-state index is 13.3. The molecular formula is C22H21F3N4O2. The number of halogens is 3. The van der Waals surface area contributed by atoms with E-state index in [-0.39, 0.29) is 24.4 Å². The van der Waals surface area contributed by atoms with Gasteiger partial charge in [-0.15, -0.1) is 0 Å². The first-order valence-corrected chi connectivity index (χ1v) is 9.64. The standard InChI is InChI=1S/C22H21F3N4O2/c1-3-29(15(2)14-31-19-10-9-16(13-28-19)22(23,24)25)21(30)18-8-5-4-7-17(18)20-26-11-6-12-27-20/h4-13,15H,3,14H2,1-2H3/t15-/m0/s1. The van der Waals surface area contributed by atoms with Crippen molar-refractivity contribution >= 4 is 5.91 Å². The van der Waals surface area contributed by atoms with Gasteiger partial charge in [-0.1, -0.05) is 18.2 Å². The van der Waals surface area contributed by atoms with Crippen LogP contribution < -0.4 is 4.74 Å². The van der Waals surface area contributed by atoms with Crippen LogP contribution in [0.2, 0.25) is 0 Å². The summed E-state index contributed by atoms with van der Waals surface area (Å²) in [7, 11) is 0. The lowest BCUT2D eigenvalue weighted by atomic mass is 10.0. The summed E-state index contributed by atoms with van der Waals surface area (Å²) in [6.45, 7) is 4.12. The van der Waals surface area contributed by atoms with Crippen LogP contribution in [0.3, 0.4) is 0 Å². The molecule has 0 spiro atoms. The van der Waals surface area contributed by atoms with Crippen LogP contribution in [0.25, 0.3) is 11.4 Å². The summed E-state index contributed by atoms with van der Waals surface area (Å²) in [5.74, 6) is 0.281. The molecule has 9 heteroatoms. The molecule has 0 aliphatic rings. The molecule has 31 heavy (non-hydrogen) atoms. The summed E-state index contributed by atoms with van der Waals surface area (Å²) in [5.41, 5.74) is 0.220. The topological polar surface area (TPSA) is 68.2 Å². The number of likely N-dealkylation sites (N-methyl/N-ethyl adjacent to an activating group) is 1. The predicted molar refractivity (Wildman–Crippen MR) is 108 cm³/mol. The van der Waals surface area contributed by atoms with Crippen LogP contribution in [-0.2, 0) is 6.18 Å². The largest absolute Gasteiger partial charge is 0.475 e. The van der Waals surface area contributed by atoms with Crippen molar-refractivity contribution in [1.82, 2.24) is 19.9 Å². The quantitative estimate of drug-likeness (QED) is 0.553. The molecule has 2 heterocycles. The lowest BCUT2D eigenvalue weighted by Gasteiger charge is -2.28. The minimum Gasteiger partial charge on any atom is -0.475 e. The number of amides is 1. The highest BCUT2D eigenvalue weighted by molar-refractivity contribution is 6.00. The third kappa shape index (κ3) is 5.36. The Morgan fingerprint density at radius 3 is 2.39 bits per heavy atom. The summed E-state index contributed by atoms with van der Waals surface area (Å²) in [4.78, 5) is 27.0. The Bertz CT molecular complexity index is 1010. The molecule has 0 saturated carbocycles. The van der Waals surface area contributed by atoms with Gasteiger partial charge in [0.25, 0.3) is 5.91 Å². The van der Waals surface area contributed by atoms with E-state index in [4.69, 9.17) is 4.74 Å². The number of alkyl halides is 3. The zero-order valence-electron chi connectivity index (χ0n) is 17.0. The Balaban J connectivity index is 1.73. The fourth-order valence-corrected chi connectivity index (χ4v) is 3.04. The number of ether oxygens (including phenoxy) is 1. The number of benzene rings is 1. The smallest absolute Gasteiger partial charge is 0.417 e. The van der Waals surface area contributed by atoms with Crippen molar-refractivity contribution in [3.8, 4) is 17.3 Å². The average molecular weight is 430 g/mol. The van der Waals surface area contributed by atoms with E-state index >= 15 is 0 Å². The molecule has 1 atom stereocenters. The molecule has 0 radical (unpaired) electrons. The molecule has 0 saturated heterocycles. The van der Waals surface area contributed by atoms with Crippen LogP contribution >= 0.6 is 0 Å². The number of carbonyl (C=O) groups is 1. The van der Waals surface area contributed by atoms with Crippen molar-refractivity contribution in [2.45, 2.75) is 26.1 Å². The number of rotatable bonds is 7. The van der Waals surface area contributed by atoms with E-state index in [1.807, 2.05) is 13.0 Å². The Labute approximate surface area is 177 Å². The van der Waals surface area contributed by atoms with E-state index in [9.17, 15) is 18.0 Å². The summed E-state index contributed by atoms with van der Waals surface area (Å²) in [6.07, 6.45) is -0.525. The van der Waals surface area contributed by atoms with E-state index < -0.39 is 11.7 Å². The normalized spacial score (nSPS) is 12.3. The van der Waals surface area contributed by atoms with Gasteiger partial charge in [-0.25, -0.2) is 15.0 Å². The van der Waals surface area contributed by atoms with Gasteiger partial charge in [-0.05, 0) is 32.0 Å². The molecule has 2 aromatic heterocycles. The first kappa shape index (κ1) is 22.2. The maximum Gasteiger partial charge on any atom is 0.417 e. The highest BCUT2D eigenvalue weighted by Crippen LogP contribution is 2.29. The third-order valence-corrected chi connectivity index (χ3v) is 4.63. The van der Waals surface area contributed by atoms with Crippen LogP contribution in [0.15, 0.2) is 61.1 Å². The molecule has 1 aromatic carbocycles. The Morgan fingerprint density at radius 2 is 1.77 bits per heavy atom. The number of aromatic nitrogens is 3. The Kier molecular flexibility index (Phi) is 6.84. The van der Waals surface area contributed by atoms with Gasteiger partial charge in [0.2, 0.25) is 5.88 Å². The van der Waals surface area contributed by atoms with E-state index in [1.54, 1.807) is 48.5 Å². The molecule has 3 rings (SSSR count). The molecule has 0 aliphatic carbocycles. The summed E-state index contributed by atoms with van der Waals surface area (Å²) >= 11 is 0. The number of pyridine rings is 1. The monoisotopic (exact) mass is 430 g/mol. The van der Waals surface area contributed by atoms with Crippen LogP contribution in [-0.4, -0.2) is 45.0 Å². The molecule has 162 valence electrons. The van der Waals surface area contributed by atoms with Gasteiger partial charge in [-0.2, -0.15) is 13.2 Å². The van der Waals surface area contributed by atoms with Gasteiger partial charge in [0.1, 0.15) is 6.61 Å². The first-order chi connectivity index (χ1) is 14.8.